The van der Waals surface area contributed by atoms with E-state index in [0.29, 0.717) is 17.4 Å². The van der Waals surface area contributed by atoms with E-state index in [-0.39, 0.29) is 5.97 Å². The van der Waals surface area contributed by atoms with Gasteiger partial charge >= 0.3 is 5.97 Å². The Morgan fingerprint density at radius 1 is 1.38 bits per heavy atom. The zero-order chi connectivity index (χ0) is 12.7. The first-order chi connectivity index (χ1) is 7.38. The summed E-state index contributed by atoms with van der Waals surface area (Å²) in [5, 5.41) is 0. The van der Waals surface area contributed by atoms with Gasteiger partial charge in [-0.3, -0.25) is 0 Å². The molecule has 0 N–H and O–H groups in total. The van der Waals surface area contributed by atoms with E-state index in [1.54, 1.807) is 6.92 Å². The number of carbonyl (C=O) groups excluding carboxylic acids is 1. The third-order valence-corrected chi connectivity index (χ3v) is 3.05. The van der Waals surface area contributed by atoms with Gasteiger partial charge in [0.1, 0.15) is 0 Å². The van der Waals surface area contributed by atoms with Crippen LogP contribution in [0.3, 0.4) is 0 Å². The van der Waals surface area contributed by atoms with Crippen molar-refractivity contribution in [1.82, 2.24) is 0 Å². The largest absolute Gasteiger partial charge is 0.466 e. The minimum Gasteiger partial charge on any atom is -0.466 e. The van der Waals surface area contributed by atoms with Crippen molar-refractivity contribution >= 4 is 28.6 Å². The van der Waals surface area contributed by atoms with Crippen LogP contribution in [0.5, 0.6) is 0 Å². The molecular formula is C13H21IO2. The molecule has 0 radical (unpaired) electrons. The Morgan fingerprint density at radius 2 is 1.94 bits per heavy atom. The minimum atomic E-state index is -0.236. The van der Waals surface area contributed by atoms with Crippen molar-refractivity contribution in [3.63, 3.8) is 0 Å². The summed E-state index contributed by atoms with van der Waals surface area (Å²) in [4.78, 5) is 11.2. The van der Waals surface area contributed by atoms with Crippen molar-refractivity contribution < 1.29 is 9.53 Å². The number of esters is 1. The molecule has 0 saturated carbocycles. The number of carbonyl (C=O) groups is 1. The minimum absolute atomic E-state index is 0.236. The fourth-order valence-electron chi connectivity index (χ4n) is 1.35. The quantitative estimate of drug-likeness (QED) is 0.429. The van der Waals surface area contributed by atoms with Crippen LogP contribution in [0.2, 0.25) is 0 Å². The second-order valence-electron chi connectivity index (χ2n) is 4.20. The predicted molar refractivity (Wildman–Crippen MR) is 76.5 cm³/mol. The lowest BCUT2D eigenvalue weighted by Crippen LogP contribution is -2.06. The van der Waals surface area contributed by atoms with Crippen molar-refractivity contribution in [3.8, 4) is 0 Å². The molecule has 0 spiro atoms. The van der Waals surface area contributed by atoms with Crippen LogP contribution in [0.25, 0.3) is 0 Å². The molecule has 0 rings (SSSR count). The highest BCUT2D eigenvalue weighted by atomic mass is 127. The van der Waals surface area contributed by atoms with E-state index in [1.807, 2.05) is 6.08 Å². The van der Waals surface area contributed by atoms with Crippen molar-refractivity contribution in [2.45, 2.75) is 34.1 Å². The fourth-order valence-corrected chi connectivity index (χ4v) is 1.92. The molecule has 0 aliphatic heterocycles. The van der Waals surface area contributed by atoms with Gasteiger partial charge in [-0.25, -0.2) is 4.79 Å². The fraction of sp³-hybridized carbons (Fsp3) is 0.615. The Morgan fingerprint density at radius 3 is 2.38 bits per heavy atom. The molecule has 0 heterocycles. The molecule has 0 bridgehead atoms. The average Bonchev–Trinajstić information content (AvgIpc) is 2.23. The summed E-state index contributed by atoms with van der Waals surface area (Å²) in [6.45, 7) is 8.29. The first-order valence-corrected chi connectivity index (χ1v) is 6.55. The van der Waals surface area contributed by atoms with Gasteiger partial charge in [0.25, 0.3) is 0 Å². The summed E-state index contributed by atoms with van der Waals surface area (Å²) in [6.07, 6.45) is 5.12. The molecule has 2 nitrogen and oxygen atoms in total. The van der Waals surface area contributed by atoms with Gasteiger partial charge < -0.3 is 4.74 Å². The number of methoxy groups -OCH3 is 1. The smallest absolute Gasteiger partial charge is 0.333 e. The van der Waals surface area contributed by atoms with Crippen LogP contribution in [0.15, 0.2) is 21.3 Å². The summed E-state index contributed by atoms with van der Waals surface area (Å²) >= 11 is 2.32. The van der Waals surface area contributed by atoms with Crippen molar-refractivity contribution in [2.75, 3.05) is 7.11 Å². The average molecular weight is 336 g/mol. The highest BCUT2D eigenvalue weighted by Crippen LogP contribution is 2.21. The maximum absolute atomic E-state index is 11.2. The van der Waals surface area contributed by atoms with E-state index >= 15 is 0 Å². The molecule has 0 aliphatic carbocycles. The lowest BCUT2D eigenvalue weighted by molar-refractivity contribution is -0.136. The van der Waals surface area contributed by atoms with Gasteiger partial charge in [-0.05, 0) is 58.3 Å². The molecule has 0 aliphatic rings. The van der Waals surface area contributed by atoms with Crippen molar-refractivity contribution in [1.29, 1.82) is 0 Å². The van der Waals surface area contributed by atoms with E-state index in [1.165, 1.54) is 10.7 Å². The Hall–Kier alpha value is -0.320. The number of hydrogen-bond donors (Lipinski definition) is 0. The Labute approximate surface area is 112 Å². The van der Waals surface area contributed by atoms with Crippen LogP contribution in [-0.2, 0) is 9.53 Å². The van der Waals surface area contributed by atoms with Gasteiger partial charge in [-0.2, -0.15) is 0 Å². The van der Waals surface area contributed by atoms with Crippen LogP contribution >= 0.6 is 22.6 Å². The molecule has 3 heteroatoms. The Bertz CT molecular complexity index is 288. The second kappa shape index (κ2) is 7.87. The van der Waals surface area contributed by atoms with Crippen LogP contribution in [0.4, 0.5) is 0 Å². The second-order valence-corrected chi connectivity index (χ2v) is 5.91. The van der Waals surface area contributed by atoms with E-state index < -0.39 is 0 Å². The van der Waals surface area contributed by atoms with E-state index in [9.17, 15) is 4.79 Å². The first-order valence-electron chi connectivity index (χ1n) is 5.47. The summed E-state index contributed by atoms with van der Waals surface area (Å²) in [5.74, 6) is 0.823. The molecule has 0 aromatic heterocycles. The zero-order valence-electron chi connectivity index (χ0n) is 10.7. The van der Waals surface area contributed by atoms with E-state index in [4.69, 9.17) is 0 Å². The summed E-state index contributed by atoms with van der Waals surface area (Å²) in [6, 6.07) is 0. The Kier molecular flexibility index (Phi) is 7.72. The summed E-state index contributed by atoms with van der Waals surface area (Å²) < 4.78 is 5.96. The first kappa shape index (κ1) is 15.7. The van der Waals surface area contributed by atoms with Gasteiger partial charge in [0.15, 0.2) is 0 Å². The molecule has 0 unspecified atom stereocenters. The highest BCUT2D eigenvalue weighted by Gasteiger charge is 2.10. The number of rotatable bonds is 5. The molecule has 16 heavy (non-hydrogen) atoms. The van der Waals surface area contributed by atoms with Crippen LogP contribution in [0.1, 0.15) is 34.1 Å². The van der Waals surface area contributed by atoms with Crippen molar-refractivity contribution in [3.05, 3.63) is 21.3 Å². The Balaban J connectivity index is 4.30. The predicted octanol–water partition coefficient (Wildman–Crippen LogP) is 4.11. The van der Waals surface area contributed by atoms with Gasteiger partial charge in [-0.1, -0.05) is 26.0 Å². The number of allylic oxidation sites excluding steroid dienone is 3. The maximum Gasteiger partial charge on any atom is 0.333 e. The number of hydrogen-bond acceptors (Lipinski definition) is 2. The highest BCUT2D eigenvalue weighted by molar-refractivity contribution is 14.1. The molecular weight excluding hydrogens is 315 g/mol. The lowest BCUT2D eigenvalue weighted by atomic mass is 9.92. The van der Waals surface area contributed by atoms with E-state index in [2.05, 4.69) is 54.2 Å². The van der Waals surface area contributed by atoms with Gasteiger partial charge in [0, 0.05) is 5.57 Å². The molecule has 0 aromatic rings. The molecule has 0 saturated heterocycles. The van der Waals surface area contributed by atoms with Crippen LogP contribution in [-0.4, -0.2) is 13.1 Å². The third-order valence-electron chi connectivity index (χ3n) is 2.69. The number of ether oxygens (including phenoxy) is 1. The molecule has 2 atom stereocenters. The monoisotopic (exact) mass is 336 g/mol. The van der Waals surface area contributed by atoms with Gasteiger partial charge in [0.05, 0.1) is 7.11 Å². The van der Waals surface area contributed by atoms with Crippen LogP contribution in [0, 0.1) is 11.8 Å². The van der Waals surface area contributed by atoms with Gasteiger partial charge in [-0.15, -0.1) is 0 Å². The maximum atomic E-state index is 11.2. The summed E-state index contributed by atoms with van der Waals surface area (Å²) in [5.41, 5.74) is 0.691. The SMILES string of the molecule is COC(=O)/C(C)=C\C[C@H](C)[C@@H](C)/C=C(\C)I. The standard InChI is InChI=1S/C13H21IO2/c1-9(11(3)8-12(4)14)6-7-10(2)13(15)16-5/h7-9,11H,6H2,1-5H3/b10-7-,12-8+/t9-,11-/m0/s1. The molecule has 0 fully saturated rings. The third kappa shape index (κ3) is 6.30. The number of halogens is 1. The van der Waals surface area contributed by atoms with Gasteiger partial charge in [0.2, 0.25) is 0 Å². The zero-order valence-corrected chi connectivity index (χ0v) is 12.9. The topological polar surface area (TPSA) is 26.3 Å². The van der Waals surface area contributed by atoms with Crippen molar-refractivity contribution in [2.24, 2.45) is 11.8 Å². The van der Waals surface area contributed by atoms with E-state index in [0.717, 1.165) is 6.42 Å². The summed E-state index contributed by atoms with van der Waals surface area (Å²) in [7, 11) is 1.41. The molecule has 0 amide bonds. The van der Waals surface area contributed by atoms with Crippen LogP contribution < -0.4 is 0 Å². The molecule has 92 valence electrons. The normalized spacial score (nSPS) is 16.9. The molecule has 0 aromatic carbocycles. The lowest BCUT2D eigenvalue weighted by Gasteiger charge is -2.15.